The van der Waals surface area contributed by atoms with E-state index < -0.39 is 29.3 Å². The molecular formula is C22H37BF2N2O2. The molecule has 0 radical (unpaired) electrons. The van der Waals surface area contributed by atoms with Crippen molar-refractivity contribution in [3.05, 3.63) is 47.2 Å². The van der Waals surface area contributed by atoms with Crippen molar-refractivity contribution < 1.29 is 18.7 Å². The molecule has 0 saturated heterocycles. The first kappa shape index (κ1) is 27.1. The van der Waals surface area contributed by atoms with Crippen LogP contribution in [0, 0.1) is 0 Å². The minimum atomic E-state index is -1.39. The third-order valence-corrected chi connectivity index (χ3v) is 4.78. The zero-order chi connectivity index (χ0) is 22.9. The van der Waals surface area contributed by atoms with Gasteiger partial charge in [0.2, 0.25) is 0 Å². The fraction of sp³-hybridized carbons (Fsp3) is 0.591. The van der Waals surface area contributed by atoms with Gasteiger partial charge in [-0.15, -0.1) is 0 Å². The molecule has 0 aromatic heterocycles. The number of carbonyl (C=O) groups is 1. The lowest BCUT2D eigenvalue weighted by Crippen LogP contribution is -2.45. The molecule has 0 heterocycles. The Morgan fingerprint density at radius 2 is 1.93 bits per heavy atom. The van der Waals surface area contributed by atoms with Crippen LogP contribution in [0.4, 0.5) is 8.78 Å². The van der Waals surface area contributed by atoms with E-state index in [1.54, 1.807) is 21.7 Å². The highest BCUT2D eigenvalue weighted by molar-refractivity contribution is 6.13. The third kappa shape index (κ3) is 8.56. The van der Waals surface area contributed by atoms with Gasteiger partial charge in [0.1, 0.15) is 19.8 Å². The Balaban J connectivity index is 6.04. The van der Waals surface area contributed by atoms with Gasteiger partial charge in [-0.2, -0.15) is 0 Å². The van der Waals surface area contributed by atoms with E-state index in [1.807, 2.05) is 25.8 Å². The first-order valence-electron chi connectivity index (χ1n) is 10.1. The number of carbonyl (C=O) groups excluding carboxylic acids is 1. The number of halogens is 2. The van der Waals surface area contributed by atoms with E-state index in [4.69, 9.17) is 0 Å². The number of likely N-dealkylation sites (N-methyl/N-ethyl adjacent to an activating group) is 1. The van der Waals surface area contributed by atoms with Crippen LogP contribution in [0.15, 0.2) is 47.2 Å². The van der Waals surface area contributed by atoms with Crippen molar-refractivity contribution in [2.24, 2.45) is 0 Å². The lowest BCUT2D eigenvalue weighted by molar-refractivity contribution is -0.116. The molecule has 164 valence electrons. The molecule has 0 saturated carbocycles. The number of alkyl halides is 1. The highest BCUT2D eigenvalue weighted by atomic mass is 19.1. The number of rotatable bonds is 11. The van der Waals surface area contributed by atoms with Crippen LogP contribution in [0.2, 0.25) is 5.82 Å². The Morgan fingerprint density at radius 1 is 1.38 bits per heavy atom. The minimum Gasteiger partial charge on any atom is -0.510 e. The summed E-state index contributed by atoms with van der Waals surface area (Å²) in [5, 5.41) is 13.5. The number of unbranched alkanes of at least 4 members (excludes halogenated alkanes) is 1. The second kappa shape index (κ2) is 12.0. The predicted octanol–water partition coefficient (Wildman–Crippen LogP) is 4.54. The Bertz CT molecular complexity index is 680. The first-order valence-corrected chi connectivity index (χ1v) is 10.1. The van der Waals surface area contributed by atoms with Crippen LogP contribution >= 0.6 is 0 Å². The minimum absolute atomic E-state index is 0.0000984. The number of hydrogen-bond acceptors (Lipinski definition) is 3. The summed E-state index contributed by atoms with van der Waals surface area (Å²) in [4.78, 5) is 14.9. The highest BCUT2D eigenvalue weighted by Gasteiger charge is 2.33. The fourth-order valence-electron chi connectivity index (χ4n) is 2.55. The molecule has 2 atom stereocenters. The Labute approximate surface area is 175 Å². The van der Waals surface area contributed by atoms with E-state index in [0.717, 1.165) is 31.5 Å². The molecule has 7 heteroatoms. The number of amides is 1. The van der Waals surface area contributed by atoms with Gasteiger partial charge in [-0.3, -0.25) is 9.69 Å². The SMILES string of the molecule is BC(C)/C(F)=C\C(=C/C(C)F)NC(=O)/C(C(=C)C)=C(\O)C(C)(C)N(C)CCCC. The van der Waals surface area contributed by atoms with Crippen molar-refractivity contribution in [2.75, 3.05) is 13.6 Å². The Hall–Kier alpha value is -1.89. The molecule has 0 fully saturated rings. The maximum absolute atomic E-state index is 14.1. The number of aliphatic hydroxyl groups excluding tert-OH is 1. The van der Waals surface area contributed by atoms with Gasteiger partial charge in [-0.25, -0.2) is 8.78 Å². The number of aliphatic hydroxyl groups is 1. The maximum atomic E-state index is 14.1. The molecule has 0 aliphatic carbocycles. The number of allylic oxidation sites excluding steroid dienone is 3. The molecule has 0 spiro atoms. The summed E-state index contributed by atoms with van der Waals surface area (Å²) in [5.41, 5.74) is -0.455. The molecule has 2 N–H and O–H groups in total. The van der Waals surface area contributed by atoms with Crippen molar-refractivity contribution in [2.45, 2.75) is 71.9 Å². The average molecular weight is 410 g/mol. The van der Waals surface area contributed by atoms with Gasteiger partial charge in [-0.05, 0) is 71.3 Å². The summed E-state index contributed by atoms with van der Waals surface area (Å²) in [7, 11) is 3.53. The summed E-state index contributed by atoms with van der Waals surface area (Å²) in [6.45, 7) is 14.8. The lowest BCUT2D eigenvalue weighted by atomic mass is 9.88. The molecule has 0 aromatic carbocycles. The zero-order valence-corrected chi connectivity index (χ0v) is 19.2. The van der Waals surface area contributed by atoms with Crippen molar-refractivity contribution in [1.29, 1.82) is 0 Å². The molecule has 4 nitrogen and oxygen atoms in total. The van der Waals surface area contributed by atoms with Gasteiger partial charge < -0.3 is 10.4 Å². The summed E-state index contributed by atoms with van der Waals surface area (Å²) >= 11 is 0. The van der Waals surface area contributed by atoms with Crippen molar-refractivity contribution in [3.63, 3.8) is 0 Å². The number of hydrogen-bond donors (Lipinski definition) is 2. The zero-order valence-electron chi connectivity index (χ0n) is 19.2. The van der Waals surface area contributed by atoms with Crippen molar-refractivity contribution in [1.82, 2.24) is 10.2 Å². The van der Waals surface area contributed by atoms with E-state index in [1.165, 1.54) is 6.92 Å². The Morgan fingerprint density at radius 3 is 2.34 bits per heavy atom. The van der Waals surface area contributed by atoms with Gasteiger partial charge in [0.05, 0.1) is 16.9 Å². The van der Waals surface area contributed by atoms with E-state index >= 15 is 0 Å². The van der Waals surface area contributed by atoms with Crippen molar-refractivity contribution in [3.8, 4) is 0 Å². The summed E-state index contributed by atoms with van der Waals surface area (Å²) < 4.78 is 27.6. The fourth-order valence-corrected chi connectivity index (χ4v) is 2.55. The van der Waals surface area contributed by atoms with E-state index in [9.17, 15) is 18.7 Å². The molecule has 0 rings (SSSR count). The normalized spacial score (nSPS) is 16.3. The third-order valence-electron chi connectivity index (χ3n) is 4.78. The van der Waals surface area contributed by atoms with Crippen LogP contribution in [0.1, 0.15) is 54.4 Å². The predicted molar refractivity (Wildman–Crippen MR) is 120 cm³/mol. The second-order valence-electron chi connectivity index (χ2n) is 8.28. The van der Waals surface area contributed by atoms with Gasteiger partial charge in [-0.1, -0.05) is 26.8 Å². The first-order chi connectivity index (χ1) is 13.2. The number of nitrogens with zero attached hydrogens (tertiary/aromatic N) is 1. The van der Waals surface area contributed by atoms with Gasteiger partial charge in [0.25, 0.3) is 5.91 Å². The molecule has 29 heavy (non-hydrogen) atoms. The molecule has 2 unspecified atom stereocenters. The van der Waals surface area contributed by atoms with Crippen molar-refractivity contribution >= 4 is 13.8 Å². The molecule has 0 aromatic rings. The molecule has 1 amide bonds. The monoisotopic (exact) mass is 410 g/mol. The van der Waals surface area contributed by atoms with E-state index in [0.29, 0.717) is 5.57 Å². The number of nitrogens with one attached hydrogen (secondary N) is 1. The van der Waals surface area contributed by atoms with E-state index in [-0.39, 0.29) is 17.0 Å². The second-order valence-corrected chi connectivity index (χ2v) is 8.28. The highest BCUT2D eigenvalue weighted by Crippen LogP contribution is 2.27. The van der Waals surface area contributed by atoms with Gasteiger partial charge in [0.15, 0.2) is 0 Å². The lowest BCUT2D eigenvalue weighted by Gasteiger charge is -2.36. The van der Waals surface area contributed by atoms with Gasteiger partial charge >= 0.3 is 0 Å². The maximum Gasteiger partial charge on any atom is 0.259 e. The summed E-state index contributed by atoms with van der Waals surface area (Å²) in [6, 6.07) is 0. The summed E-state index contributed by atoms with van der Waals surface area (Å²) in [6.07, 6.45) is 2.78. The molecule has 0 bridgehead atoms. The molecule has 0 aliphatic heterocycles. The topological polar surface area (TPSA) is 52.6 Å². The smallest absolute Gasteiger partial charge is 0.259 e. The average Bonchev–Trinajstić information content (AvgIpc) is 2.58. The molecular weight excluding hydrogens is 373 g/mol. The van der Waals surface area contributed by atoms with Crippen LogP contribution in [0.3, 0.4) is 0 Å². The quantitative estimate of drug-likeness (QED) is 0.228. The van der Waals surface area contributed by atoms with Crippen LogP contribution in [-0.2, 0) is 4.79 Å². The van der Waals surface area contributed by atoms with E-state index in [2.05, 4.69) is 18.8 Å². The standard InChI is InChI=1S/C22H37BF2N2O2/c1-9-10-11-27(8)22(6,7)20(28)19(14(2)3)21(29)26-17(12-15(4)24)13-18(25)16(5)23/h12-13,15-16,28H,2,9-11,23H2,1,3-8H3,(H,26,29)/b17-12+,18-13+,20-19-. The van der Waals surface area contributed by atoms with Crippen LogP contribution < -0.4 is 5.32 Å². The van der Waals surface area contributed by atoms with Gasteiger partial charge in [0, 0.05) is 5.70 Å². The Kier molecular flexibility index (Phi) is 11.2. The van der Waals surface area contributed by atoms with Crippen LogP contribution in [0.5, 0.6) is 0 Å². The summed E-state index contributed by atoms with van der Waals surface area (Å²) in [5.74, 6) is -1.68. The molecule has 0 aliphatic rings. The van der Waals surface area contributed by atoms with Crippen LogP contribution in [-0.4, -0.2) is 49.1 Å². The largest absolute Gasteiger partial charge is 0.510 e. The van der Waals surface area contributed by atoms with Crippen LogP contribution in [0.25, 0.3) is 0 Å².